The summed E-state index contributed by atoms with van der Waals surface area (Å²) in [6.07, 6.45) is 7.60. The lowest BCUT2D eigenvalue weighted by atomic mass is 9.98. The number of amides is 6. The first kappa shape index (κ1) is 91.7. The van der Waals surface area contributed by atoms with Gasteiger partial charge in [-0.3, -0.25) is 67.6 Å². The summed E-state index contributed by atoms with van der Waals surface area (Å²) in [6, 6.07) is 43.6. The number of benzene rings is 7. The molecule has 13 N–H and O–H groups in total. The van der Waals surface area contributed by atoms with E-state index in [0.717, 1.165) is 83.5 Å². The lowest BCUT2D eigenvalue weighted by Crippen LogP contribution is -2.34. The number of phenols is 5. The van der Waals surface area contributed by atoms with Gasteiger partial charge in [-0.1, -0.05) is 71.9 Å². The minimum absolute atomic E-state index is 0.00292. The van der Waals surface area contributed by atoms with Crippen molar-refractivity contribution < 1.29 is 73.7 Å². The molecule has 32 nitrogen and oxygen atoms in total. The Kier molecular flexibility index (Phi) is 29.4. The van der Waals surface area contributed by atoms with Crippen LogP contribution in [0.3, 0.4) is 0 Å². The number of alkyl carbamates (subject to hydrolysis) is 1. The Morgan fingerprint density at radius 3 is 1.25 bits per heavy atom. The molecule has 126 heavy (non-hydrogen) atoms. The molecule has 8 heterocycles. The molecule has 2 saturated heterocycles. The summed E-state index contributed by atoms with van der Waals surface area (Å²) in [4.78, 5) is 82.2. The van der Waals surface area contributed by atoms with Gasteiger partial charge in [0, 0.05) is 160 Å². The van der Waals surface area contributed by atoms with Crippen LogP contribution in [-0.4, -0.2) is 178 Å². The van der Waals surface area contributed by atoms with E-state index in [1.807, 2.05) is 193 Å². The van der Waals surface area contributed by atoms with E-state index in [2.05, 4.69) is 56.4 Å². The highest BCUT2D eigenvalue weighted by Crippen LogP contribution is 2.43. The number of nitrogens with two attached hydrogens (primary N) is 1. The maximum atomic E-state index is 12.3. The van der Waals surface area contributed by atoms with E-state index in [4.69, 9.17) is 57.0 Å². The largest absolute Gasteiger partial charge is 0.508 e. The number of ether oxygens (including phenoxy) is 2. The minimum atomic E-state index is -0.904. The van der Waals surface area contributed by atoms with E-state index in [1.165, 1.54) is 17.0 Å². The number of rotatable bonds is 28. The van der Waals surface area contributed by atoms with E-state index >= 15 is 0 Å². The fourth-order valence-electron chi connectivity index (χ4n) is 14.9. The van der Waals surface area contributed by atoms with Crippen molar-refractivity contribution >= 4 is 111 Å². The summed E-state index contributed by atoms with van der Waals surface area (Å²) in [5, 5.41) is 91.3. The number of carboxylic acids is 1. The maximum absolute atomic E-state index is 12.3. The smallest absolute Gasteiger partial charge is 0.407 e. The molecule has 6 amide bonds. The number of carboxylic acid groups (broad SMARTS) is 1. The molecule has 15 rings (SSSR count). The third-order valence-corrected chi connectivity index (χ3v) is 22.1. The van der Waals surface area contributed by atoms with Crippen LogP contribution in [0.25, 0.3) is 83.9 Å². The van der Waals surface area contributed by atoms with Gasteiger partial charge in [0.15, 0.2) is 31.8 Å². The van der Waals surface area contributed by atoms with E-state index in [-0.39, 0.29) is 128 Å². The van der Waals surface area contributed by atoms with Crippen molar-refractivity contribution in [2.45, 2.75) is 163 Å². The van der Waals surface area contributed by atoms with Crippen molar-refractivity contribution in [3.8, 4) is 85.7 Å². The van der Waals surface area contributed by atoms with Gasteiger partial charge in [0.2, 0.25) is 29.5 Å². The lowest BCUT2D eigenvalue weighted by molar-refractivity contribution is -0.141. The number of carbonyl (C=O) groups excluding carboxylic acids is 6. The number of hydrogen-bond donors (Lipinski definition) is 12. The summed E-state index contributed by atoms with van der Waals surface area (Å²) in [6.45, 7) is 21.6. The van der Waals surface area contributed by atoms with Crippen molar-refractivity contribution in [2.24, 2.45) is 5.73 Å². The highest BCUT2D eigenvalue weighted by atomic mass is 32.1. The molecule has 13 aromatic rings. The molecule has 2 aliphatic heterocycles. The molecular weight excluding hydrogens is 1670 g/mol. The van der Waals surface area contributed by atoms with Crippen molar-refractivity contribution in [3.63, 3.8) is 0 Å². The zero-order valence-electron chi connectivity index (χ0n) is 71.3. The van der Waals surface area contributed by atoms with Gasteiger partial charge < -0.3 is 70.2 Å². The first-order chi connectivity index (χ1) is 60.1. The van der Waals surface area contributed by atoms with Gasteiger partial charge in [0.05, 0.1) is 33.8 Å². The van der Waals surface area contributed by atoms with Gasteiger partial charge in [-0.15, -0.1) is 0 Å². The summed E-state index contributed by atoms with van der Waals surface area (Å²) >= 11 is 16.7. The first-order valence-electron chi connectivity index (χ1n) is 41.4. The highest BCUT2D eigenvalue weighted by Gasteiger charge is 2.31. The standard InChI is InChI=1S/C33H37N5O4S.C29H32N6O5S.C21H23N5O2S.C8H11NO4/c1-21(2)25-18-26(29(19-28(25)39)41-20-22-9-7-6-8-10-22)30-35-36-31(43)38(30)24-11-12-27-23(17-24)13-15-37(27)16-14-34-32(40)42-33(3,4)5;1-17(2)20-15-21(24(37)16-23(20)36)28-31-32-29(41)35(28)19-5-6-22-18(14-19)9-12-33(22)13-10-30-25(38)4-3-11-34-26(39)7-8-27(34)40;1-12(2)15-10-16(19(28)11-18(15)27)20-23-24-21(29)26(20)14-3-4-17-13(9-14)5-7-25(17)8-6-22;10-6-3-4-7(11)9(6)5-1-2-8(12)13/h6-13,15,17-19,21,39H,14,16,20H2,1-5H3,(H,34,40)(H,36,43);5-6,9,12,14-17,36-37H,3-4,7-8,10-11,13H2,1-2H3,(H,30,38)(H,32,41);3-5,7,9-12,27-28H,6,8,22H2,1-2H3,(H,24,29);1-5H2,(H,12,13). The maximum Gasteiger partial charge on any atom is 0.407 e. The molecule has 0 aliphatic carbocycles. The van der Waals surface area contributed by atoms with E-state index in [0.29, 0.717) is 106 Å². The molecule has 0 saturated carbocycles. The van der Waals surface area contributed by atoms with Gasteiger partial charge in [-0.2, -0.15) is 15.3 Å². The average Bonchev–Trinajstić information content (AvgIpc) is 1.60. The summed E-state index contributed by atoms with van der Waals surface area (Å²) < 4.78 is 24.4. The number of aromatic amines is 3. The van der Waals surface area contributed by atoms with E-state index in [9.17, 15) is 59.1 Å². The zero-order chi connectivity index (χ0) is 90.5. The quantitative estimate of drug-likeness (QED) is 0.0160. The molecular formula is C91H103N17O15S3. The Morgan fingerprint density at radius 2 is 0.857 bits per heavy atom. The van der Waals surface area contributed by atoms with Gasteiger partial charge in [0.1, 0.15) is 46.7 Å². The molecule has 35 heteroatoms. The van der Waals surface area contributed by atoms with Crippen LogP contribution in [0.1, 0.15) is 154 Å². The van der Waals surface area contributed by atoms with Crippen LogP contribution in [-0.2, 0) is 59.7 Å². The van der Waals surface area contributed by atoms with Crippen LogP contribution in [0.15, 0.2) is 158 Å². The number of aliphatic carboxylic acids is 1. The first-order valence-corrected chi connectivity index (χ1v) is 42.7. The molecule has 2 aliphatic rings. The Labute approximate surface area is 740 Å². The van der Waals surface area contributed by atoms with Crippen molar-refractivity contribution in [2.75, 3.05) is 32.7 Å². The predicted molar refractivity (Wildman–Crippen MR) is 485 cm³/mol. The van der Waals surface area contributed by atoms with Gasteiger partial charge in [-0.05, 0) is 201 Å². The lowest BCUT2D eigenvalue weighted by Gasteiger charge is -2.19. The number of aromatic nitrogens is 12. The second-order valence-corrected chi connectivity index (χ2v) is 33.5. The number of imide groups is 2. The van der Waals surface area contributed by atoms with E-state index < -0.39 is 17.7 Å². The van der Waals surface area contributed by atoms with Gasteiger partial charge >= 0.3 is 12.1 Å². The van der Waals surface area contributed by atoms with Crippen molar-refractivity contribution in [1.29, 1.82) is 0 Å². The Hall–Kier alpha value is -13.5. The summed E-state index contributed by atoms with van der Waals surface area (Å²) in [5.41, 5.74) is 15.5. The fraction of sp³-hybridized carbons (Fsp3) is 0.330. The zero-order valence-corrected chi connectivity index (χ0v) is 73.8. The van der Waals surface area contributed by atoms with Crippen LogP contribution in [0.5, 0.6) is 34.5 Å². The fourth-order valence-corrected chi connectivity index (χ4v) is 15.6. The number of phenolic OH excluding ortho intramolecular Hbond substituents is 5. The topological polar surface area (TPSA) is 432 Å². The molecule has 0 unspecified atom stereocenters. The number of nitrogens with zero attached hydrogens (tertiary/aromatic N) is 11. The normalized spacial score (nSPS) is 12.8. The number of nitrogens with one attached hydrogen (secondary N) is 5. The second-order valence-electron chi connectivity index (χ2n) is 32.4. The third-order valence-electron chi connectivity index (χ3n) is 21.2. The summed E-state index contributed by atoms with van der Waals surface area (Å²) in [7, 11) is 0. The van der Waals surface area contributed by atoms with Crippen LogP contribution >= 0.6 is 36.7 Å². The summed E-state index contributed by atoms with van der Waals surface area (Å²) in [5.74, 6) is 0.571. The Bertz CT molecular complexity index is 6360. The second kappa shape index (κ2) is 40.4. The van der Waals surface area contributed by atoms with Crippen molar-refractivity contribution in [3.05, 3.63) is 195 Å². The third kappa shape index (κ3) is 21.8. The molecule has 6 aromatic heterocycles. The van der Waals surface area contributed by atoms with Crippen LogP contribution < -0.4 is 21.1 Å². The van der Waals surface area contributed by atoms with Crippen LogP contribution in [0.2, 0.25) is 0 Å². The molecule has 0 atom stereocenters. The molecule has 2 fully saturated rings. The van der Waals surface area contributed by atoms with Gasteiger partial charge in [-0.25, -0.2) is 4.79 Å². The minimum Gasteiger partial charge on any atom is -0.508 e. The number of hydrogen-bond acceptors (Lipinski definition) is 21. The Morgan fingerprint density at radius 1 is 0.476 bits per heavy atom. The number of aromatic hydroxyl groups is 5. The Balaban J connectivity index is 0.000000162. The molecule has 0 radical (unpaired) electrons. The van der Waals surface area contributed by atoms with Crippen LogP contribution in [0.4, 0.5) is 4.79 Å². The molecule has 660 valence electrons. The van der Waals surface area contributed by atoms with Crippen LogP contribution in [0, 0.1) is 14.3 Å². The molecule has 0 spiro atoms. The van der Waals surface area contributed by atoms with Crippen molar-refractivity contribution in [1.82, 2.24) is 78.4 Å². The number of likely N-dealkylation sites (tertiary alicyclic amines) is 2. The number of H-pyrrole nitrogens is 3. The monoisotopic (exact) mass is 1770 g/mol. The number of fused-ring (bicyclic) bond motifs is 3. The molecule has 0 bridgehead atoms. The van der Waals surface area contributed by atoms with Gasteiger partial charge in [0.25, 0.3) is 0 Å². The predicted octanol–water partition coefficient (Wildman–Crippen LogP) is 15.7. The average molecular weight is 1770 g/mol. The number of carbonyl (C=O) groups is 7. The highest BCUT2D eigenvalue weighted by molar-refractivity contribution is 7.71. The van der Waals surface area contributed by atoms with E-state index in [1.54, 1.807) is 27.3 Å². The molecule has 7 aromatic carbocycles. The SMILES string of the molecule is CC(C)c1cc(-c2n[nH]c(=S)n2-c2ccc3c(ccn3CCN)c2)c(O)cc1O.CC(C)c1cc(-c2n[nH]c(=S)n2-c2ccc3c(ccn3CCNC(=O)CCCN3C(=O)CCC3=O)c2)c(O)cc1O.CC(C)c1cc(-c2n[nH]c(=S)n2-c2ccc3c(ccn3CCNC(=O)OC(C)(C)C)c2)c(OCc2ccccc2)cc1O.O=C(O)CCCN1C(=O)CCC1=O.